The predicted molar refractivity (Wildman–Crippen MR) is 71.9 cm³/mol. The van der Waals surface area contributed by atoms with Crippen molar-refractivity contribution in [2.75, 3.05) is 5.73 Å². The Morgan fingerprint density at radius 3 is 2.58 bits per heavy atom. The zero-order chi connectivity index (χ0) is 13.2. The lowest BCUT2D eigenvalue weighted by Gasteiger charge is -2.02. The molecule has 0 aliphatic heterocycles. The van der Waals surface area contributed by atoms with Gasteiger partial charge in [0.05, 0.1) is 5.56 Å². The van der Waals surface area contributed by atoms with E-state index >= 15 is 0 Å². The highest BCUT2D eigenvalue weighted by molar-refractivity contribution is 5.85. The maximum Gasteiger partial charge on any atom is 0.180 e. The molecule has 0 aliphatic rings. The topological polar surface area (TPSA) is 82.5 Å². The smallest absolute Gasteiger partial charge is 0.180 e. The van der Waals surface area contributed by atoms with Gasteiger partial charge in [0.2, 0.25) is 0 Å². The Labute approximate surface area is 110 Å². The van der Waals surface area contributed by atoms with Crippen LogP contribution in [-0.2, 0) is 7.05 Å². The Hall–Kier alpha value is -2.76. The predicted octanol–water partition coefficient (Wildman–Crippen LogP) is 1.52. The molecular weight excluding hydrogens is 240 g/mol. The summed E-state index contributed by atoms with van der Waals surface area (Å²) in [5, 5.41) is 4.40. The summed E-state index contributed by atoms with van der Waals surface area (Å²) in [5.41, 5.74) is 8.46. The number of pyridine rings is 1. The van der Waals surface area contributed by atoms with Gasteiger partial charge in [-0.3, -0.25) is 9.67 Å². The zero-order valence-electron chi connectivity index (χ0n) is 10.4. The van der Waals surface area contributed by atoms with Gasteiger partial charge < -0.3 is 5.73 Å². The highest BCUT2D eigenvalue weighted by Gasteiger charge is 2.18. The third-order valence-electron chi connectivity index (χ3n) is 2.82. The van der Waals surface area contributed by atoms with Crippen LogP contribution in [0.4, 0.5) is 5.82 Å². The van der Waals surface area contributed by atoms with Crippen LogP contribution in [0.2, 0.25) is 0 Å². The number of hydrogen-bond acceptors (Lipinski definition) is 5. The van der Waals surface area contributed by atoms with Crippen molar-refractivity contribution in [2.45, 2.75) is 0 Å². The molecular formula is C13H12N6. The molecule has 0 amide bonds. The summed E-state index contributed by atoms with van der Waals surface area (Å²) in [7, 11) is 1.79. The van der Waals surface area contributed by atoms with Crippen molar-refractivity contribution in [1.29, 1.82) is 0 Å². The van der Waals surface area contributed by atoms with Crippen molar-refractivity contribution in [2.24, 2.45) is 7.05 Å². The molecule has 0 aliphatic carbocycles. The summed E-state index contributed by atoms with van der Waals surface area (Å²) in [4.78, 5) is 12.6. The van der Waals surface area contributed by atoms with Crippen LogP contribution in [0.1, 0.15) is 0 Å². The van der Waals surface area contributed by atoms with Crippen molar-refractivity contribution in [1.82, 2.24) is 24.7 Å². The molecule has 6 heteroatoms. The van der Waals surface area contributed by atoms with Gasteiger partial charge in [-0.1, -0.05) is 6.07 Å². The van der Waals surface area contributed by atoms with E-state index in [9.17, 15) is 0 Å². The molecule has 0 radical (unpaired) electrons. The number of nitrogens with two attached hydrogens (primary N) is 1. The standard InChI is InChI=1S/C13H12N6/c1-19-12(14)10(9-4-2-5-15-8-9)11(18-19)13-16-6-3-7-17-13/h2-8H,14H2,1H3. The van der Waals surface area contributed by atoms with E-state index in [4.69, 9.17) is 5.73 Å². The monoisotopic (exact) mass is 252 g/mol. The number of hydrogen-bond donors (Lipinski definition) is 1. The van der Waals surface area contributed by atoms with Gasteiger partial charge in [0, 0.05) is 37.4 Å². The Kier molecular flexibility index (Phi) is 2.68. The van der Waals surface area contributed by atoms with Crippen molar-refractivity contribution in [3.8, 4) is 22.6 Å². The molecule has 3 rings (SSSR count). The van der Waals surface area contributed by atoms with Crippen LogP contribution in [0.25, 0.3) is 22.6 Å². The molecule has 0 spiro atoms. The molecule has 3 aromatic heterocycles. The molecule has 2 N–H and O–H groups in total. The van der Waals surface area contributed by atoms with Gasteiger partial charge in [0.1, 0.15) is 11.5 Å². The van der Waals surface area contributed by atoms with E-state index in [2.05, 4.69) is 20.1 Å². The molecule has 0 aromatic carbocycles. The summed E-state index contributed by atoms with van der Waals surface area (Å²) < 4.78 is 1.62. The van der Waals surface area contributed by atoms with Gasteiger partial charge in [0.25, 0.3) is 0 Å². The molecule has 6 nitrogen and oxygen atoms in total. The third kappa shape index (κ3) is 1.93. The quantitative estimate of drug-likeness (QED) is 0.747. The molecule has 3 aromatic rings. The van der Waals surface area contributed by atoms with Crippen LogP contribution in [0.3, 0.4) is 0 Å². The van der Waals surface area contributed by atoms with Crippen LogP contribution in [-0.4, -0.2) is 24.7 Å². The Morgan fingerprint density at radius 1 is 1.11 bits per heavy atom. The molecule has 3 heterocycles. The van der Waals surface area contributed by atoms with Crippen LogP contribution in [0, 0.1) is 0 Å². The summed E-state index contributed by atoms with van der Waals surface area (Å²) in [6.07, 6.45) is 6.83. The van der Waals surface area contributed by atoms with Crippen molar-refractivity contribution in [3.05, 3.63) is 43.0 Å². The molecule has 0 bridgehead atoms. The molecule has 0 atom stereocenters. The average molecular weight is 252 g/mol. The number of nitrogens with zero attached hydrogens (tertiary/aromatic N) is 5. The first-order valence-corrected chi connectivity index (χ1v) is 5.77. The number of aryl methyl sites for hydroxylation is 1. The first kappa shape index (κ1) is 11.3. The summed E-state index contributed by atoms with van der Waals surface area (Å²) >= 11 is 0. The highest BCUT2D eigenvalue weighted by atomic mass is 15.3. The summed E-state index contributed by atoms with van der Waals surface area (Å²) in [5.74, 6) is 1.11. The fraction of sp³-hybridized carbons (Fsp3) is 0.0769. The Bertz CT molecular complexity index is 690. The second-order valence-corrected chi connectivity index (χ2v) is 4.05. The van der Waals surface area contributed by atoms with Gasteiger partial charge in [-0.05, 0) is 12.1 Å². The maximum atomic E-state index is 6.09. The first-order valence-electron chi connectivity index (χ1n) is 5.77. The normalized spacial score (nSPS) is 10.6. The maximum absolute atomic E-state index is 6.09. The van der Waals surface area contributed by atoms with E-state index in [-0.39, 0.29) is 0 Å². The molecule has 0 saturated carbocycles. The Morgan fingerprint density at radius 2 is 1.89 bits per heavy atom. The highest BCUT2D eigenvalue weighted by Crippen LogP contribution is 2.33. The molecule has 0 fully saturated rings. The molecule has 19 heavy (non-hydrogen) atoms. The van der Waals surface area contributed by atoms with Gasteiger partial charge in [0.15, 0.2) is 5.82 Å². The fourth-order valence-electron chi connectivity index (χ4n) is 1.91. The number of rotatable bonds is 2. The SMILES string of the molecule is Cn1nc(-c2ncccn2)c(-c2cccnc2)c1N. The van der Waals surface area contributed by atoms with E-state index in [1.807, 2.05) is 12.1 Å². The number of anilines is 1. The largest absolute Gasteiger partial charge is 0.383 e. The van der Waals surface area contributed by atoms with Crippen LogP contribution in [0.5, 0.6) is 0 Å². The van der Waals surface area contributed by atoms with Gasteiger partial charge in [-0.15, -0.1) is 0 Å². The van der Waals surface area contributed by atoms with Crippen LogP contribution >= 0.6 is 0 Å². The van der Waals surface area contributed by atoms with E-state index in [1.165, 1.54) is 0 Å². The lowest BCUT2D eigenvalue weighted by molar-refractivity contribution is 0.780. The number of nitrogen functional groups attached to an aromatic ring is 1. The first-order chi connectivity index (χ1) is 9.27. The summed E-state index contributed by atoms with van der Waals surface area (Å²) in [6, 6.07) is 5.56. The minimum absolute atomic E-state index is 0.550. The second kappa shape index (κ2) is 4.49. The minimum atomic E-state index is 0.550. The lowest BCUT2D eigenvalue weighted by atomic mass is 10.1. The van der Waals surface area contributed by atoms with Crippen molar-refractivity contribution >= 4 is 5.82 Å². The summed E-state index contributed by atoms with van der Waals surface area (Å²) in [6.45, 7) is 0. The molecule has 0 unspecified atom stereocenters. The van der Waals surface area contributed by atoms with E-state index < -0.39 is 0 Å². The Balaban J connectivity index is 2.25. The van der Waals surface area contributed by atoms with Crippen molar-refractivity contribution < 1.29 is 0 Å². The van der Waals surface area contributed by atoms with E-state index in [0.717, 1.165) is 11.1 Å². The lowest BCUT2D eigenvalue weighted by Crippen LogP contribution is -1.98. The van der Waals surface area contributed by atoms with Gasteiger partial charge in [-0.2, -0.15) is 5.10 Å². The van der Waals surface area contributed by atoms with Crippen LogP contribution in [0.15, 0.2) is 43.0 Å². The van der Waals surface area contributed by atoms with Gasteiger partial charge in [-0.25, -0.2) is 9.97 Å². The van der Waals surface area contributed by atoms with E-state index in [0.29, 0.717) is 17.3 Å². The van der Waals surface area contributed by atoms with E-state index in [1.54, 1.807) is 42.6 Å². The minimum Gasteiger partial charge on any atom is -0.383 e. The average Bonchev–Trinajstić information content (AvgIpc) is 2.77. The van der Waals surface area contributed by atoms with Crippen molar-refractivity contribution in [3.63, 3.8) is 0 Å². The second-order valence-electron chi connectivity index (χ2n) is 4.05. The third-order valence-corrected chi connectivity index (χ3v) is 2.82. The molecule has 94 valence electrons. The van der Waals surface area contributed by atoms with Crippen LogP contribution < -0.4 is 5.73 Å². The van der Waals surface area contributed by atoms with Gasteiger partial charge >= 0.3 is 0 Å². The number of aromatic nitrogens is 5. The molecule has 0 saturated heterocycles. The fourth-order valence-corrected chi connectivity index (χ4v) is 1.91. The zero-order valence-corrected chi connectivity index (χ0v) is 10.4.